The third-order valence-electron chi connectivity index (χ3n) is 4.19. The molecular formula is C18H20F2N2O2S. The smallest absolute Gasteiger partial charge is 0.226 e. The number of rotatable bonds is 5. The van der Waals surface area contributed by atoms with E-state index < -0.39 is 11.6 Å². The topological polar surface area (TPSA) is 51.2 Å². The van der Waals surface area contributed by atoms with Gasteiger partial charge >= 0.3 is 0 Å². The Balaban J connectivity index is 1.44. The van der Waals surface area contributed by atoms with Crippen LogP contribution < -0.4 is 10.1 Å². The molecule has 0 bridgehead atoms. The largest absolute Gasteiger partial charge is 0.490 e. The molecule has 0 atom stereocenters. The number of carbonyl (C=O) groups excluding carboxylic acids is 1. The van der Waals surface area contributed by atoms with Crippen molar-refractivity contribution in [2.45, 2.75) is 51.2 Å². The molecule has 134 valence electrons. The van der Waals surface area contributed by atoms with Crippen LogP contribution in [0.5, 0.6) is 5.75 Å². The van der Waals surface area contributed by atoms with Crippen LogP contribution in [0.4, 0.5) is 8.78 Å². The number of nitrogens with one attached hydrogen (secondary N) is 1. The Morgan fingerprint density at radius 1 is 1.24 bits per heavy atom. The number of benzene rings is 1. The van der Waals surface area contributed by atoms with Crippen molar-refractivity contribution >= 4 is 17.2 Å². The highest BCUT2D eigenvalue weighted by Crippen LogP contribution is 2.25. The zero-order valence-corrected chi connectivity index (χ0v) is 14.7. The van der Waals surface area contributed by atoms with Gasteiger partial charge in [0.1, 0.15) is 17.4 Å². The third kappa shape index (κ3) is 5.22. The van der Waals surface area contributed by atoms with Crippen LogP contribution in [-0.4, -0.2) is 23.0 Å². The van der Waals surface area contributed by atoms with E-state index in [1.807, 2.05) is 12.3 Å². The van der Waals surface area contributed by atoms with Crippen LogP contribution in [-0.2, 0) is 11.2 Å². The van der Waals surface area contributed by atoms with Crippen molar-refractivity contribution in [3.05, 3.63) is 45.9 Å². The van der Waals surface area contributed by atoms with Crippen LogP contribution in [0, 0.1) is 18.6 Å². The molecule has 1 aliphatic rings. The maximum absolute atomic E-state index is 13.2. The number of amides is 1. The first-order valence-electron chi connectivity index (χ1n) is 8.31. The van der Waals surface area contributed by atoms with E-state index in [1.54, 1.807) is 0 Å². The summed E-state index contributed by atoms with van der Waals surface area (Å²) in [4.78, 5) is 16.4. The van der Waals surface area contributed by atoms with Crippen molar-refractivity contribution in [3.63, 3.8) is 0 Å². The summed E-state index contributed by atoms with van der Waals surface area (Å²) in [5.74, 6) is -1.10. The highest BCUT2D eigenvalue weighted by atomic mass is 32.1. The average molecular weight is 366 g/mol. The lowest BCUT2D eigenvalue weighted by molar-refractivity contribution is -0.121. The Morgan fingerprint density at radius 2 is 1.92 bits per heavy atom. The molecule has 1 aromatic carbocycles. The van der Waals surface area contributed by atoms with Crippen LogP contribution >= 0.6 is 11.3 Å². The normalized spacial score (nSPS) is 20.3. The van der Waals surface area contributed by atoms with E-state index >= 15 is 0 Å². The summed E-state index contributed by atoms with van der Waals surface area (Å²) >= 11 is 1.53. The maximum atomic E-state index is 13.2. The minimum absolute atomic E-state index is 0.0260. The lowest BCUT2D eigenvalue weighted by Gasteiger charge is -2.29. The molecule has 1 aliphatic carbocycles. The fraction of sp³-hybridized carbons (Fsp3) is 0.444. The van der Waals surface area contributed by atoms with Crippen molar-refractivity contribution in [2.75, 3.05) is 0 Å². The Kier molecular flexibility index (Phi) is 5.63. The molecule has 1 N–H and O–H groups in total. The highest BCUT2D eigenvalue weighted by Gasteiger charge is 2.24. The molecule has 1 heterocycles. The van der Waals surface area contributed by atoms with Gasteiger partial charge in [0.2, 0.25) is 5.91 Å². The monoisotopic (exact) mass is 366 g/mol. The summed E-state index contributed by atoms with van der Waals surface area (Å²) in [5.41, 5.74) is 0.796. The first-order valence-corrected chi connectivity index (χ1v) is 9.19. The molecule has 25 heavy (non-hydrogen) atoms. The van der Waals surface area contributed by atoms with Gasteiger partial charge in [0.25, 0.3) is 0 Å². The molecule has 3 rings (SSSR count). The van der Waals surface area contributed by atoms with Crippen molar-refractivity contribution in [3.8, 4) is 5.75 Å². The number of hydrogen-bond donors (Lipinski definition) is 1. The number of ether oxygens (including phenoxy) is 1. The SMILES string of the molecule is Cc1nc(CC(=O)NC2CCC(Oc3cc(F)cc(F)c3)CC2)cs1. The summed E-state index contributed by atoms with van der Waals surface area (Å²) in [5, 5.41) is 5.88. The zero-order chi connectivity index (χ0) is 17.8. The standard InChI is InChI=1S/C18H20F2N2O2S/c1-11-21-15(10-25-11)9-18(23)22-14-2-4-16(5-3-14)24-17-7-12(19)6-13(20)8-17/h6-8,10,14,16H,2-5,9H2,1H3,(H,22,23). The fourth-order valence-corrected chi connectivity index (χ4v) is 3.66. The second-order valence-corrected chi connectivity index (χ2v) is 7.36. The van der Waals surface area contributed by atoms with E-state index in [0.717, 1.165) is 42.5 Å². The Labute approximate surface area is 149 Å². The van der Waals surface area contributed by atoms with E-state index in [9.17, 15) is 13.6 Å². The minimum atomic E-state index is -0.645. The number of thiazole rings is 1. The van der Waals surface area contributed by atoms with Gasteiger partial charge in [0, 0.05) is 29.6 Å². The Bertz CT molecular complexity index is 722. The number of carbonyl (C=O) groups is 1. The van der Waals surface area contributed by atoms with E-state index in [0.29, 0.717) is 6.42 Å². The first kappa shape index (κ1) is 17.8. The molecule has 1 amide bonds. The van der Waals surface area contributed by atoms with Crippen molar-refractivity contribution in [1.29, 1.82) is 0 Å². The number of aromatic nitrogens is 1. The van der Waals surface area contributed by atoms with Crippen molar-refractivity contribution in [2.24, 2.45) is 0 Å². The van der Waals surface area contributed by atoms with Crippen LogP contribution in [0.1, 0.15) is 36.4 Å². The number of aryl methyl sites for hydroxylation is 1. The highest BCUT2D eigenvalue weighted by molar-refractivity contribution is 7.09. The summed E-state index contributed by atoms with van der Waals surface area (Å²) in [7, 11) is 0. The van der Waals surface area contributed by atoms with Crippen LogP contribution in [0.3, 0.4) is 0 Å². The average Bonchev–Trinajstić information content (AvgIpc) is 2.93. The van der Waals surface area contributed by atoms with Crippen LogP contribution in [0.15, 0.2) is 23.6 Å². The molecule has 0 unspecified atom stereocenters. The molecular weight excluding hydrogens is 346 g/mol. The molecule has 2 aromatic rings. The van der Waals surface area contributed by atoms with Gasteiger partial charge in [-0.1, -0.05) is 0 Å². The van der Waals surface area contributed by atoms with E-state index in [2.05, 4.69) is 10.3 Å². The summed E-state index contributed by atoms with van der Waals surface area (Å²) in [6.07, 6.45) is 3.24. The fourth-order valence-electron chi connectivity index (χ4n) is 3.05. The predicted octanol–water partition coefficient (Wildman–Crippen LogP) is 3.78. The predicted molar refractivity (Wildman–Crippen MR) is 91.7 cm³/mol. The maximum Gasteiger partial charge on any atom is 0.226 e. The van der Waals surface area contributed by atoms with Gasteiger partial charge in [-0.3, -0.25) is 4.79 Å². The molecule has 1 saturated carbocycles. The van der Waals surface area contributed by atoms with Crippen LogP contribution in [0.2, 0.25) is 0 Å². The van der Waals surface area contributed by atoms with Crippen molar-refractivity contribution < 1.29 is 18.3 Å². The van der Waals surface area contributed by atoms with Gasteiger partial charge in [-0.2, -0.15) is 0 Å². The van der Waals surface area contributed by atoms with E-state index in [1.165, 1.54) is 23.5 Å². The third-order valence-corrected chi connectivity index (χ3v) is 5.01. The van der Waals surface area contributed by atoms with E-state index in [4.69, 9.17) is 4.74 Å². The second kappa shape index (κ2) is 7.91. The summed E-state index contributed by atoms with van der Waals surface area (Å²) in [6.45, 7) is 1.91. The van der Waals surface area contributed by atoms with Crippen LogP contribution in [0.25, 0.3) is 0 Å². The van der Waals surface area contributed by atoms with Gasteiger partial charge in [-0.25, -0.2) is 13.8 Å². The molecule has 0 aliphatic heterocycles. The number of hydrogen-bond acceptors (Lipinski definition) is 4. The number of halogens is 2. The molecule has 0 radical (unpaired) electrons. The summed E-state index contributed by atoms with van der Waals surface area (Å²) in [6, 6.07) is 3.30. The molecule has 1 aromatic heterocycles. The molecule has 1 fully saturated rings. The van der Waals surface area contributed by atoms with Gasteiger partial charge < -0.3 is 10.1 Å². The lowest BCUT2D eigenvalue weighted by Crippen LogP contribution is -2.40. The molecule has 0 spiro atoms. The minimum Gasteiger partial charge on any atom is -0.490 e. The summed E-state index contributed by atoms with van der Waals surface area (Å²) < 4.78 is 32.1. The van der Waals surface area contributed by atoms with Gasteiger partial charge in [-0.05, 0) is 32.6 Å². The molecule has 7 heteroatoms. The van der Waals surface area contributed by atoms with Crippen molar-refractivity contribution in [1.82, 2.24) is 10.3 Å². The van der Waals surface area contributed by atoms with Gasteiger partial charge in [-0.15, -0.1) is 11.3 Å². The number of nitrogens with zero attached hydrogens (tertiary/aromatic N) is 1. The zero-order valence-electron chi connectivity index (χ0n) is 13.9. The first-order chi connectivity index (χ1) is 12.0. The van der Waals surface area contributed by atoms with E-state index in [-0.39, 0.29) is 23.8 Å². The van der Waals surface area contributed by atoms with Gasteiger partial charge in [0.05, 0.1) is 23.2 Å². The quantitative estimate of drug-likeness (QED) is 0.876. The van der Waals surface area contributed by atoms with Gasteiger partial charge in [0.15, 0.2) is 0 Å². The Morgan fingerprint density at radius 3 is 2.52 bits per heavy atom. The second-order valence-electron chi connectivity index (χ2n) is 6.30. The molecule has 0 saturated heterocycles. The lowest BCUT2D eigenvalue weighted by atomic mass is 9.92. The Hall–Kier alpha value is -2.02. The molecule has 4 nitrogen and oxygen atoms in total.